The predicted octanol–water partition coefficient (Wildman–Crippen LogP) is 1.51. The molecule has 110 valence electrons. The minimum atomic E-state index is 0.223. The van der Waals surface area contributed by atoms with Crippen molar-refractivity contribution in [2.45, 2.75) is 62.9 Å². The summed E-state index contributed by atoms with van der Waals surface area (Å²) in [6.45, 7) is 1.94. The number of carbonyl (C=O) groups is 1. The van der Waals surface area contributed by atoms with Gasteiger partial charge in [-0.25, -0.2) is 0 Å². The van der Waals surface area contributed by atoms with Crippen LogP contribution in [-0.2, 0) is 4.79 Å². The summed E-state index contributed by atoms with van der Waals surface area (Å²) in [6, 6.07) is 0.561. The third kappa shape index (κ3) is 3.93. The van der Waals surface area contributed by atoms with Crippen molar-refractivity contribution in [1.29, 1.82) is 0 Å². The van der Waals surface area contributed by atoms with E-state index in [-0.39, 0.29) is 11.4 Å². The Balaban J connectivity index is 1.64. The fourth-order valence-electron chi connectivity index (χ4n) is 3.19. The molecular formula is C15H29N3O. The molecule has 2 aliphatic rings. The van der Waals surface area contributed by atoms with Crippen LogP contribution in [0.5, 0.6) is 0 Å². The van der Waals surface area contributed by atoms with E-state index in [0.717, 1.165) is 19.5 Å². The maximum atomic E-state index is 11.9. The number of likely N-dealkylation sites (N-methyl/N-ethyl adjacent to an activating group) is 1. The Bertz CT molecular complexity index is 294. The van der Waals surface area contributed by atoms with E-state index in [9.17, 15) is 4.79 Å². The molecule has 19 heavy (non-hydrogen) atoms. The summed E-state index contributed by atoms with van der Waals surface area (Å²) in [6.07, 6.45) is 9.20. The SMILES string of the molecule is CN(C)C1(CNC(=O)CCC2CCCCN2)CCC1. The molecule has 0 radical (unpaired) electrons. The van der Waals surface area contributed by atoms with Gasteiger partial charge in [0.2, 0.25) is 5.91 Å². The highest BCUT2D eigenvalue weighted by molar-refractivity contribution is 5.76. The van der Waals surface area contributed by atoms with Gasteiger partial charge in [0.1, 0.15) is 0 Å². The first-order valence-electron chi connectivity index (χ1n) is 7.80. The van der Waals surface area contributed by atoms with Gasteiger partial charge in [-0.3, -0.25) is 4.79 Å². The van der Waals surface area contributed by atoms with Crippen LogP contribution in [0.4, 0.5) is 0 Å². The van der Waals surface area contributed by atoms with E-state index in [1.807, 2.05) is 0 Å². The zero-order chi connectivity index (χ0) is 13.7. The van der Waals surface area contributed by atoms with E-state index in [1.54, 1.807) is 0 Å². The predicted molar refractivity (Wildman–Crippen MR) is 78.2 cm³/mol. The van der Waals surface area contributed by atoms with Gasteiger partial charge in [0.05, 0.1) is 0 Å². The van der Waals surface area contributed by atoms with Crippen molar-refractivity contribution in [2.75, 3.05) is 27.2 Å². The Morgan fingerprint density at radius 1 is 1.32 bits per heavy atom. The summed E-state index contributed by atoms with van der Waals surface area (Å²) in [5, 5.41) is 6.64. The van der Waals surface area contributed by atoms with Crippen molar-refractivity contribution in [3.05, 3.63) is 0 Å². The van der Waals surface area contributed by atoms with Crippen molar-refractivity contribution < 1.29 is 4.79 Å². The lowest BCUT2D eigenvalue weighted by atomic mass is 9.75. The molecular weight excluding hydrogens is 238 g/mol. The van der Waals surface area contributed by atoms with Crippen LogP contribution in [0.25, 0.3) is 0 Å². The van der Waals surface area contributed by atoms with Gasteiger partial charge in [-0.1, -0.05) is 6.42 Å². The van der Waals surface area contributed by atoms with Gasteiger partial charge in [-0.05, 0) is 59.2 Å². The molecule has 0 aromatic heterocycles. The highest BCUT2D eigenvalue weighted by Gasteiger charge is 2.39. The molecule has 4 heteroatoms. The van der Waals surface area contributed by atoms with Gasteiger partial charge >= 0.3 is 0 Å². The molecule has 0 bridgehead atoms. The summed E-state index contributed by atoms with van der Waals surface area (Å²) < 4.78 is 0. The number of carbonyl (C=O) groups excluding carboxylic acids is 1. The Kier molecular flexibility index (Phi) is 5.22. The fraction of sp³-hybridized carbons (Fsp3) is 0.933. The second-order valence-corrected chi connectivity index (χ2v) is 6.43. The zero-order valence-electron chi connectivity index (χ0n) is 12.5. The molecule has 1 saturated carbocycles. The molecule has 2 N–H and O–H groups in total. The number of hydrogen-bond acceptors (Lipinski definition) is 3. The first-order valence-corrected chi connectivity index (χ1v) is 7.80. The Hall–Kier alpha value is -0.610. The fourth-order valence-corrected chi connectivity index (χ4v) is 3.19. The molecule has 1 amide bonds. The minimum Gasteiger partial charge on any atom is -0.354 e. The van der Waals surface area contributed by atoms with E-state index in [2.05, 4.69) is 29.6 Å². The molecule has 1 atom stereocenters. The third-order valence-electron chi connectivity index (χ3n) is 4.98. The molecule has 1 aliphatic heterocycles. The van der Waals surface area contributed by atoms with Crippen LogP contribution >= 0.6 is 0 Å². The lowest BCUT2D eigenvalue weighted by Crippen LogP contribution is -2.57. The molecule has 1 aliphatic carbocycles. The monoisotopic (exact) mass is 267 g/mol. The lowest BCUT2D eigenvalue weighted by Gasteiger charge is -2.47. The second-order valence-electron chi connectivity index (χ2n) is 6.43. The molecule has 0 spiro atoms. The first-order chi connectivity index (χ1) is 9.12. The summed E-state index contributed by atoms with van der Waals surface area (Å²) >= 11 is 0. The summed E-state index contributed by atoms with van der Waals surface area (Å²) in [7, 11) is 4.24. The Morgan fingerprint density at radius 3 is 2.63 bits per heavy atom. The van der Waals surface area contributed by atoms with Crippen LogP contribution in [-0.4, -0.2) is 49.6 Å². The van der Waals surface area contributed by atoms with Crippen molar-refractivity contribution in [1.82, 2.24) is 15.5 Å². The van der Waals surface area contributed by atoms with Gasteiger partial charge in [-0.2, -0.15) is 0 Å². The average molecular weight is 267 g/mol. The van der Waals surface area contributed by atoms with Gasteiger partial charge in [0, 0.05) is 24.5 Å². The van der Waals surface area contributed by atoms with Crippen molar-refractivity contribution >= 4 is 5.91 Å². The summed E-state index contributed by atoms with van der Waals surface area (Å²) in [5.74, 6) is 0.223. The Morgan fingerprint density at radius 2 is 2.11 bits per heavy atom. The van der Waals surface area contributed by atoms with E-state index in [0.29, 0.717) is 12.5 Å². The van der Waals surface area contributed by atoms with Crippen molar-refractivity contribution in [2.24, 2.45) is 0 Å². The van der Waals surface area contributed by atoms with E-state index in [1.165, 1.54) is 38.5 Å². The lowest BCUT2D eigenvalue weighted by molar-refractivity contribution is -0.122. The quantitative estimate of drug-likeness (QED) is 0.767. The zero-order valence-corrected chi connectivity index (χ0v) is 12.5. The number of rotatable bonds is 6. The van der Waals surface area contributed by atoms with E-state index in [4.69, 9.17) is 0 Å². The molecule has 0 aromatic rings. The third-order valence-corrected chi connectivity index (χ3v) is 4.98. The van der Waals surface area contributed by atoms with Crippen molar-refractivity contribution in [3.8, 4) is 0 Å². The van der Waals surface area contributed by atoms with E-state index >= 15 is 0 Å². The van der Waals surface area contributed by atoms with Crippen LogP contribution in [0.15, 0.2) is 0 Å². The number of nitrogens with one attached hydrogen (secondary N) is 2. The smallest absolute Gasteiger partial charge is 0.220 e. The van der Waals surface area contributed by atoms with Crippen LogP contribution in [0.1, 0.15) is 51.4 Å². The van der Waals surface area contributed by atoms with Crippen LogP contribution < -0.4 is 10.6 Å². The van der Waals surface area contributed by atoms with Crippen LogP contribution in [0, 0.1) is 0 Å². The molecule has 4 nitrogen and oxygen atoms in total. The normalized spacial score (nSPS) is 25.9. The van der Waals surface area contributed by atoms with Gasteiger partial charge in [0.15, 0.2) is 0 Å². The van der Waals surface area contributed by atoms with Crippen molar-refractivity contribution in [3.63, 3.8) is 0 Å². The number of hydrogen-bond donors (Lipinski definition) is 2. The highest BCUT2D eigenvalue weighted by atomic mass is 16.1. The number of amides is 1. The Labute approximate surface area is 117 Å². The molecule has 1 unspecified atom stereocenters. The van der Waals surface area contributed by atoms with Gasteiger partial charge in [-0.15, -0.1) is 0 Å². The maximum absolute atomic E-state index is 11.9. The molecule has 2 fully saturated rings. The standard InChI is InChI=1S/C15H29N3O/c1-18(2)15(9-5-10-15)12-17-14(19)8-7-13-6-3-4-11-16-13/h13,16H,3-12H2,1-2H3,(H,17,19). The average Bonchev–Trinajstić information content (AvgIpc) is 2.36. The maximum Gasteiger partial charge on any atom is 0.220 e. The highest BCUT2D eigenvalue weighted by Crippen LogP contribution is 2.35. The van der Waals surface area contributed by atoms with Crippen LogP contribution in [0.2, 0.25) is 0 Å². The summed E-state index contributed by atoms with van der Waals surface area (Å²) in [5.41, 5.74) is 0.235. The van der Waals surface area contributed by atoms with Gasteiger partial charge in [0.25, 0.3) is 0 Å². The molecule has 2 rings (SSSR count). The minimum absolute atomic E-state index is 0.223. The van der Waals surface area contributed by atoms with Crippen LogP contribution in [0.3, 0.4) is 0 Å². The molecule has 0 aromatic carbocycles. The first kappa shape index (κ1) is 14.8. The van der Waals surface area contributed by atoms with E-state index < -0.39 is 0 Å². The summed E-state index contributed by atoms with van der Waals surface area (Å²) in [4.78, 5) is 14.2. The number of nitrogens with zero attached hydrogens (tertiary/aromatic N) is 1. The largest absolute Gasteiger partial charge is 0.354 e. The van der Waals surface area contributed by atoms with Gasteiger partial charge < -0.3 is 15.5 Å². The molecule has 1 heterocycles. The second kappa shape index (κ2) is 6.71. The number of piperidine rings is 1. The topological polar surface area (TPSA) is 44.4 Å². The molecule has 1 saturated heterocycles.